The van der Waals surface area contributed by atoms with Gasteiger partial charge in [-0.15, -0.1) is 0 Å². The van der Waals surface area contributed by atoms with E-state index in [9.17, 15) is 4.39 Å². The van der Waals surface area contributed by atoms with Gasteiger partial charge in [0.15, 0.2) is 0 Å². The van der Waals surface area contributed by atoms with Crippen LogP contribution in [0.1, 0.15) is 37.8 Å². The lowest BCUT2D eigenvalue weighted by atomic mass is 9.83. The number of piperidine rings is 2. The molecule has 0 radical (unpaired) electrons. The van der Waals surface area contributed by atoms with Crippen LogP contribution in [0.15, 0.2) is 18.2 Å². The molecule has 3 nitrogen and oxygen atoms in total. The normalized spacial score (nSPS) is 28.3. The molecular weight excluding hydrogens is 265 g/mol. The third-order valence-electron chi connectivity index (χ3n) is 5.17. The fourth-order valence-corrected chi connectivity index (χ4v) is 4.09. The molecule has 1 aromatic carbocycles. The fourth-order valence-electron chi connectivity index (χ4n) is 4.09. The lowest BCUT2D eigenvalue weighted by molar-refractivity contribution is 0.102. The van der Waals surface area contributed by atoms with Crippen molar-refractivity contribution in [1.29, 1.82) is 0 Å². The summed E-state index contributed by atoms with van der Waals surface area (Å²) in [5, 5.41) is 0. The average Bonchev–Trinajstić information content (AvgIpc) is 2.46. The summed E-state index contributed by atoms with van der Waals surface area (Å²) in [6.07, 6.45) is 3.63. The first-order valence-electron chi connectivity index (χ1n) is 8.07. The minimum absolute atomic E-state index is 0.132. The van der Waals surface area contributed by atoms with Crippen LogP contribution < -0.4 is 10.6 Å². The van der Waals surface area contributed by atoms with Gasteiger partial charge in [-0.05, 0) is 57.3 Å². The van der Waals surface area contributed by atoms with Gasteiger partial charge in [-0.3, -0.25) is 0 Å². The van der Waals surface area contributed by atoms with E-state index in [1.54, 1.807) is 12.1 Å². The van der Waals surface area contributed by atoms with Crippen LogP contribution >= 0.6 is 0 Å². The molecule has 1 aromatic rings. The summed E-state index contributed by atoms with van der Waals surface area (Å²) >= 11 is 0. The Balaban J connectivity index is 1.86. The maximum absolute atomic E-state index is 14.4. The first kappa shape index (κ1) is 14.8. The average molecular weight is 291 g/mol. The van der Waals surface area contributed by atoms with Crippen molar-refractivity contribution < 1.29 is 4.39 Å². The largest absolute Gasteiger partial charge is 0.369 e. The van der Waals surface area contributed by atoms with Crippen LogP contribution in [0.2, 0.25) is 0 Å². The van der Waals surface area contributed by atoms with Gasteiger partial charge >= 0.3 is 0 Å². The second kappa shape index (κ2) is 5.93. The molecule has 2 heterocycles. The quantitative estimate of drug-likeness (QED) is 0.909. The Morgan fingerprint density at radius 3 is 2.86 bits per heavy atom. The van der Waals surface area contributed by atoms with Crippen LogP contribution in [0.25, 0.3) is 0 Å². The highest BCUT2D eigenvalue weighted by atomic mass is 19.1. The molecule has 3 rings (SSSR count). The Morgan fingerprint density at radius 1 is 1.29 bits per heavy atom. The first-order chi connectivity index (χ1) is 10.1. The van der Waals surface area contributed by atoms with Crippen LogP contribution in [0.3, 0.4) is 0 Å². The fraction of sp³-hybridized carbons (Fsp3) is 0.647. The standard InChI is InChI=1S/C17H26FN3/c1-12(19)14-6-3-7-15(18)17(14)21-10-8-16-13(11-21)5-4-9-20(16)2/h3,6-7,12-13,16H,4-5,8-11,19H2,1-2H3/t12-,13?,16?/m0/s1. The van der Waals surface area contributed by atoms with Gasteiger partial charge in [0.2, 0.25) is 0 Å². The summed E-state index contributed by atoms with van der Waals surface area (Å²) in [6.45, 7) is 5.01. The second-order valence-corrected chi connectivity index (χ2v) is 6.65. The number of rotatable bonds is 2. The van der Waals surface area contributed by atoms with E-state index in [1.807, 2.05) is 13.0 Å². The molecule has 0 spiro atoms. The second-order valence-electron chi connectivity index (χ2n) is 6.65. The number of anilines is 1. The number of nitrogens with zero attached hydrogens (tertiary/aromatic N) is 2. The van der Waals surface area contributed by atoms with Gasteiger partial charge < -0.3 is 15.5 Å². The highest BCUT2D eigenvalue weighted by Crippen LogP contribution is 2.35. The molecule has 0 aliphatic carbocycles. The predicted molar refractivity (Wildman–Crippen MR) is 85.0 cm³/mol. The Bertz CT molecular complexity index is 503. The van der Waals surface area contributed by atoms with Crippen LogP contribution in [0.4, 0.5) is 10.1 Å². The molecular formula is C17H26FN3. The maximum atomic E-state index is 14.4. The molecule has 2 saturated heterocycles. The third kappa shape index (κ3) is 2.79. The van der Waals surface area contributed by atoms with Gasteiger partial charge in [-0.1, -0.05) is 12.1 Å². The van der Waals surface area contributed by atoms with E-state index in [2.05, 4.69) is 16.8 Å². The van der Waals surface area contributed by atoms with E-state index < -0.39 is 0 Å². The zero-order valence-electron chi connectivity index (χ0n) is 13.1. The highest BCUT2D eigenvalue weighted by molar-refractivity contribution is 5.56. The van der Waals surface area contributed by atoms with E-state index in [0.717, 1.165) is 30.8 Å². The number of likely N-dealkylation sites (tertiary alicyclic amines) is 1. The van der Waals surface area contributed by atoms with Crippen molar-refractivity contribution in [3.63, 3.8) is 0 Å². The minimum atomic E-state index is -0.137. The van der Waals surface area contributed by atoms with Crippen LogP contribution in [0, 0.1) is 11.7 Å². The van der Waals surface area contributed by atoms with E-state index in [-0.39, 0.29) is 11.9 Å². The molecule has 0 saturated carbocycles. The van der Waals surface area contributed by atoms with E-state index >= 15 is 0 Å². The molecule has 2 aliphatic rings. The van der Waals surface area contributed by atoms with Gasteiger partial charge in [0.05, 0.1) is 5.69 Å². The van der Waals surface area contributed by atoms with Crippen LogP contribution in [-0.4, -0.2) is 37.6 Å². The summed E-state index contributed by atoms with van der Waals surface area (Å²) in [6, 6.07) is 5.81. The van der Waals surface area contributed by atoms with Crippen molar-refractivity contribution in [1.82, 2.24) is 4.90 Å². The molecule has 2 unspecified atom stereocenters. The van der Waals surface area contributed by atoms with E-state index in [0.29, 0.717) is 12.0 Å². The molecule has 0 bridgehead atoms. The number of benzene rings is 1. The number of halogens is 1. The smallest absolute Gasteiger partial charge is 0.146 e. The first-order valence-corrected chi connectivity index (χ1v) is 8.07. The molecule has 2 fully saturated rings. The summed E-state index contributed by atoms with van der Waals surface area (Å²) in [4.78, 5) is 4.72. The molecule has 2 N–H and O–H groups in total. The monoisotopic (exact) mass is 291 g/mol. The highest BCUT2D eigenvalue weighted by Gasteiger charge is 2.35. The van der Waals surface area contributed by atoms with E-state index in [4.69, 9.17) is 5.73 Å². The number of nitrogens with two attached hydrogens (primary N) is 1. The van der Waals surface area contributed by atoms with Gasteiger partial charge in [-0.25, -0.2) is 4.39 Å². The zero-order valence-corrected chi connectivity index (χ0v) is 13.1. The summed E-state index contributed by atoms with van der Waals surface area (Å²) in [7, 11) is 2.23. The molecule has 116 valence electrons. The number of hydrogen-bond acceptors (Lipinski definition) is 3. The van der Waals surface area contributed by atoms with Crippen molar-refractivity contribution in [2.75, 3.05) is 31.6 Å². The molecule has 21 heavy (non-hydrogen) atoms. The summed E-state index contributed by atoms with van der Waals surface area (Å²) in [5.74, 6) is 0.519. The number of hydrogen-bond donors (Lipinski definition) is 1. The van der Waals surface area contributed by atoms with Gasteiger partial charge in [0, 0.05) is 25.2 Å². The number of fused-ring (bicyclic) bond motifs is 1. The Morgan fingerprint density at radius 2 is 2.10 bits per heavy atom. The Kier molecular flexibility index (Phi) is 4.18. The van der Waals surface area contributed by atoms with E-state index in [1.165, 1.54) is 19.4 Å². The lowest BCUT2D eigenvalue weighted by Crippen LogP contribution is -2.53. The van der Waals surface area contributed by atoms with Crippen LogP contribution in [0.5, 0.6) is 0 Å². The van der Waals surface area contributed by atoms with Crippen molar-refractivity contribution in [2.45, 2.75) is 38.3 Å². The zero-order chi connectivity index (χ0) is 15.0. The third-order valence-corrected chi connectivity index (χ3v) is 5.17. The summed E-state index contributed by atoms with van der Waals surface area (Å²) < 4.78 is 14.4. The SMILES string of the molecule is C[C@H](N)c1cccc(F)c1N1CCC2C(CCCN2C)C1. The minimum Gasteiger partial charge on any atom is -0.369 e. The van der Waals surface area contributed by atoms with Gasteiger partial charge in [0.1, 0.15) is 5.82 Å². The lowest BCUT2D eigenvalue weighted by Gasteiger charge is -2.47. The molecule has 2 aliphatic heterocycles. The maximum Gasteiger partial charge on any atom is 0.146 e. The van der Waals surface area contributed by atoms with Crippen molar-refractivity contribution >= 4 is 5.69 Å². The van der Waals surface area contributed by atoms with Gasteiger partial charge in [0.25, 0.3) is 0 Å². The van der Waals surface area contributed by atoms with Crippen molar-refractivity contribution in [2.24, 2.45) is 11.7 Å². The van der Waals surface area contributed by atoms with Crippen LogP contribution in [-0.2, 0) is 0 Å². The molecule has 0 amide bonds. The van der Waals surface area contributed by atoms with Crippen molar-refractivity contribution in [3.8, 4) is 0 Å². The Hall–Kier alpha value is -1.13. The Labute approximate surface area is 126 Å². The topological polar surface area (TPSA) is 32.5 Å². The number of para-hydroxylation sites is 1. The molecule has 3 atom stereocenters. The van der Waals surface area contributed by atoms with Crippen molar-refractivity contribution in [3.05, 3.63) is 29.6 Å². The predicted octanol–water partition coefficient (Wildman–Crippen LogP) is 2.77. The molecule has 4 heteroatoms. The summed E-state index contributed by atoms with van der Waals surface area (Å²) in [5.41, 5.74) is 7.71. The van der Waals surface area contributed by atoms with Gasteiger partial charge in [-0.2, -0.15) is 0 Å². The molecule has 0 aromatic heterocycles.